The molecule has 1 aromatic rings. The van der Waals surface area contributed by atoms with Crippen molar-refractivity contribution in [2.75, 3.05) is 25.1 Å². The summed E-state index contributed by atoms with van der Waals surface area (Å²) in [6, 6.07) is 4.18. The summed E-state index contributed by atoms with van der Waals surface area (Å²) in [5.74, 6) is 1.06. The molecular formula is C11H16N2O. The van der Waals surface area contributed by atoms with Gasteiger partial charge in [0, 0.05) is 26.4 Å². The highest BCUT2D eigenvalue weighted by Gasteiger charge is 2.22. The van der Waals surface area contributed by atoms with Crippen LogP contribution in [-0.4, -0.2) is 31.3 Å². The Labute approximate surface area is 84.7 Å². The third kappa shape index (κ3) is 1.87. The zero-order valence-corrected chi connectivity index (χ0v) is 8.73. The van der Waals surface area contributed by atoms with Crippen molar-refractivity contribution in [2.24, 2.45) is 0 Å². The fourth-order valence-electron chi connectivity index (χ4n) is 1.78. The van der Waals surface area contributed by atoms with Crippen LogP contribution in [0.3, 0.4) is 0 Å². The van der Waals surface area contributed by atoms with Gasteiger partial charge in [0.05, 0.1) is 6.10 Å². The minimum absolute atomic E-state index is 0.373. The molecule has 2 heterocycles. The maximum absolute atomic E-state index is 5.32. The third-order valence-corrected chi connectivity index (χ3v) is 2.70. The van der Waals surface area contributed by atoms with Crippen LogP contribution in [0.2, 0.25) is 0 Å². The lowest BCUT2D eigenvalue weighted by molar-refractivity contribution is 0.121. The Kier molecular flexibility index (Phi) is 2.68. The van der Waals surface area contributed by atoms with Crippen molar-refractivity contribution in [3.8, 4) is 0 Å². The normalized spacial score (nSPS) is 21.6. The lowest BCUT2D eigenvalue weighted by Gasteiger charge is -2.16. The molecule has 0 aromatic carbocycles. The minimum Gasteiger partial charge on any atom is -0.380 e. The molecule has 14 heavy (non-hydrogen) atoms. The summed E-state index contributed by atoms with van der Waals surface area (Å²) in [4.78, 5) is 6.67. The molecule has 1 saturated heterocycles. The number of hydrogen-bond donors (Lipinski definition) is 0. The molecular weight excluding hydrogens is 176 g/mol. The number of ether oxygens (including phenoxy) is 1. The monoisotopic (exact) mass is 192 g/mol. The molecule has 0 saturated carbocycles. The highest BCUT2D eigenvalue weighted by Crippen LogP contribution is 2.19. The van der Waals surface area contributed by atoms with Gasteiger partial charge in [-0.15, -0.1) is 0 Å². The van der Waals surface area contributed by atoms with Gasteiger partial charge >= 0.3 is 0 Å². The van der Waals surface area contributed by atoms with Crippen molar-refractivity contribution < 1.29 is 4.74 Å². The molecule has 0 N–H and O–H groups in total. The first-order valence-corrected chi connectivity index (χ1v) is 5.00. The predicted octanol–water partition coefficient (Wildman–Crippen LogP) is 1.62. The summed E-state index contributed by atoms with van der Waals surface area (Å²) in [5.41, 5.74) is 1.20. The Morgan fingerprint density at radius 2 is 2.36 bits per heavy atom. The molecule has 1 aromatic heterocycles. The SMILES string of the molecule is COC1CCN(c2ccc(C)cn2)C1. The molecule has 0 radical (unpaired) electrons. The Morgan fingerprint density at radius 1 is 1.50 bits per heavy atom. The number of aromatic nitrogens is 1. The highest BCUT2D eigenvalue weighted by atomic mass is 16.5. The number of nitrogens with zero attached hydrogens (tertiary/aromatic N) is 2. The Morgan fingerprint density at radius 3 is 2.93 bits per heavy atom. The van der Waals surface area contributed by atoms with E-state index in [1.54, 1.807) is 7.11 Å². The molecule has 1 atom stereocenters. The van der Waals surface area contributed by atoms with E-state index in [1.807, 2.05) is 6.20 Å². The summed E-state index contributed by atoms with van der Waals surface area (Å²) in [7, 11) is 1.77. The van der Waals surface area contributed by atoms with E-state index in [0.717, 1.165) is 25.3 Å². The van der Waals surface area contributed by atoms with Crippen LogP contribution >= 0.6 is 0 Å². The molecule has 2 rings (SSSR count). The fourth-order valence-corrected chi connectivity index (χ4v) is 1.78. The van der Waals surface area contributed by atoms with Crippen LogP contribution < -0.4 is 4.90 Å². The average Bonchev–Trinajstić information content (AvgIpc) is 2.67. The molecule has 3 nitrogen and oxygen atoms in total. The van der Waals surface area contributed by atoms with Crippen molar-refractivity contribution >= 4 is 5.82 Å². The molecule has 1 aliphatic heterocycles. The van der Waals surface area contributed by atoms with Gasteiger partial charge in [0.25, 0.3) is 0 Å². The molecule has 1 fully saturated rings. The molecule has 0 aliphatic carbocycles. The van der Waals surface area contributed by atoms with E-state index in [2.05, 4.69) is 28.9 Å². The number of pyridine rings is 1. The van der Waals surface area contributed by atoms with E-state index in [9.17, 15) is 0 Å². The molecule has 0 amide bonds. The quantitative estimate of drug-likeness (QED) is 0.712. The van der Waals surface area contributed by atoms with E-state index in [-0.39, 0.29) is 0 Å². The molecule has 76 valence electrons. The Bertz CT molecular complexity index is 297. The molecule has 1 aliphatic rings. The van der Waals surface area contributed by atoms with Gasteiger partial charge in [-0.25, -0.2) is 4.98 Å². The van der Waals surface area contributed by atoms with Crippen LogP contribution in [0.4, 0.5) is 5.82 Å². The van der Waals surface area contributed by atoms with E-state index >= 15 is 0 Å². The topological polar surface area (TPSA) is 25.4 Å². The molecule has 1 unspecified atom stereocenters. The number of anilines is 1. The smallest absolute Gasteiger partial charge is 0.128 e. The van der Waals surface area contributed by atoms with E-state index < -0.39 is 0 Å². The lowest BCUT2D eigenvalue weighted by atomic mass is 10.3. The molecule has 3 heteroatoms. The summed E-state index contributed by atoms with van der Waals surface area (Å²) in [6.45, 7) is 4.07. The average molecular weight is 192 g/mol. The first kappa shape index (κ1) is 9.46. The van der Waals surface area contributed by atoms with Crippen molar-refractivity contribution in [1.82, 2.24) is 4.98 Å². The Balaban J connectivity index is 2.06. The predicted molar refractivity (Wildman–Crippen MR) is 56.6 cm³/mol. The summed E-state index contributed by atoms with van der Waals surface area (Å²) < 4.78 is 5.32. The van der Waals surface area contributed by atoms with Gasteiger partial charge in [-0.2, -0.15) is 0 Å². The highest BCUT2D eigenvalue weighted by molar-refractivity contribution is 5.40. The lowest BCUT2D eigenvalue weighted by Crippen LogP contribution is -2.22. The van der Waals surface area contributed by atoms with Gasteiger partial charge in [-0.05, 0) is 25.0 Å². The second kappa shape index (κ2) is 3.96. The molecule has 0 spiro atoms. The van der Waals surface area contributed by atoms with Crippen molar-refractivity contribution in [1.29, 1.82) is 0 Å². The van der Waals surface area contributed by atoms with Gasteiger partial charge in [0.1, 0.15) is 5.82 Å². The first-order chi connectivity index (χ1) is 6.79. The van der Waals surface area contributed by atoms with Gasteiger partial charge in [0.15, 0.2) is 0 Å². The van der Waals surface area contributed by atoms with Crippen LogP contribution in [0.15, 0.2) is 18.3 Å². The Hall–Kier alpha value is -1.09. The van der Waals surface area contributed by atoms with E-state index in [4.69, 9.17) is 4.74 Å². The van der Waals surface area contributed by atoms with Crippen LogP contribution in [0, 0.1) is 6.92 Å². The minimum atomic E-state index is 0.373. The first-order valence-electron chi connectivity index (χ1n) is 5.00. The summed E-state index contributed by atoms with van der Waals surface area (Å²) in [5, 5.41) is 0. The number of aryl methyl sites for hydroxylation is 1. The fraction of sp³-hybridized carbons (Fsp3) is 0.545. The zero-order chi connectivity index (χ0) is 9.97. The van der Waals surface area contributed by atoms with Gasteiger partial charge in [0.2, 0.25) is 0 Å². The van der Waals surface area contributed by atoms with Gasteiger partial charge in [-0.1, -0.05) is 6.07 Å². The van der Waals surface area contributed by atoms with Gasteiger partial charge < -0.3 is 9.64 Å². The van der Waals surface area contributed by atoms with Crippen LogP contribution in [0.1, 0.15) is 12.0 Å². The maximum Gasteiger partial charge on any atom is 0.128 e. The largest absolute Gasteiger partial charge is 0.380 e. The van der Waals surface area contributed by atoms with E-state index in [1.165, 1.54) is 5.56 Å². The van der Waals surface area contributed by atoms with Crippen molar-refractivity contribution in [3.63, 3.8) is 0 Å². The summed E-state index contributed by atoms with van der Waals surface area (Å²) in [6.07, 6.45) is 3.39. The maximum atomic E-state index is 5.32. The number of rotatable bonds is 2. The van der Waals surface area contributed by atoms with Crippen molar-refractivity contribution in [3.05, 3.63) is 23.9 Å². The number of hydrogen-bond acceptors (Lipinski definition) is 3. The zero-order valence-electron chi connectivity index (χ0n) is 8.73. The second-order valence-corrected chi connectivity index (χ2v) is 3.79. The van der Waals surface area contributed by atoms with Crippen LogP contribution in [-0.2, 0) is 4.74 Å². The third-order valence-electron chi connectivity index (χ3n) is 2.70. The van der Waals surface area contributed by atoms with Crippen LogP contribution in [0.25, 0.3) is 0 Å². The standard InChI is InChI=1S/C11H16N2O/c1-9-3-4-11(12-7-9)13-6-5-10(8-13)14-2/h3-4,7,10H,5-6,8H2,1-2H3. The number of methoxy groups -OCH3 is 1. The molecule has 0 bridgehead atoms. The van der Waals surface area contributed by atoms with E-state index in [0.29, 0.717) is 6.10 Å². The van der Waals surface area contributed by atoms with Gasteiger partial charge in [-0.3, -0.25) is 0 Å². The van der Waals surface area contributed by atoms with Crippen molar-refractivity contribution in [2.45, 2.75) is 19.4 Å². The summed E-state index contributed by atoms with van der Waals surface area (Å²) >= 11 is 0. The van der Waals surface area contributed by atoms with Crippen LogP contribution in [0.5, 0.6) is 0 Å². The second-order valence-electron chi connectivity index (χ2n) is 3.79.